The number of halogens is 1. The Kier molecular flexibility index (Phi) is 2.64. The van der Waals surface area contributed by atoms with E-state index in [-0.39, 0.29) is 0 Å². The Balaban J connectivity index is 2.02. The molecule has 0 saturated heterocycles. The molecule has 2 heterocycles. The molecule has 0 aliphatic heterocycles. The smallest absolute Gasteiger partial charge is 0.260 e. The predicted octanol–water partition coefficient (Wildman–Crippen LogP) is 3.34. The van der Waals surface area contributed by atoms with Crippen LogP contribution in [0.25, 0.3) is 23.0 Å². The summed E-state index contributed by atoms with van der Waals surface area (Å²) in [5, 5.41) is 3.86. The molecule has 0 aliphatic carbocycles. The Morgan fingerprint density at radius 3 is 2.67 bits per heavy atom. The molecule has 0 bridgehead atoms. The van der Waals surface area contributed by atoms with E-state index in [9.17, 15) is 0 Å². The van der Waals surface area contributed by atoms with Crippen LogP contribution in [0.5, 0.6) is 0 Å². The minimum Gasteiger partial charge on any atom is -0.446 e. The standard InChI is InChI=1S/C12H8BrN3O2/c13-10-6-5-9(17-10)11-15-12(18-16-11)7-3-1-2-4-8(7)14/h1-6H,14H2. The maximum absolute atomic E-state index is 5.85. The first-order valence-corrected chi connectivity index (χ1v) is 5.97. The van der Waals surface area contributed by atoms with Crippen LogP contribution in [-0.2, 0) is 0 Å². The lowest BCUT2D eigenvalue weighted by molar-refractivity contribution is 0.429. The summed E-state index contributed by atoms with van der Waals surface area (Å²) < 4.78 is 11.1. The van der Waals surface area contributed by atoms with Gasteiger partial charge in [0.2, 0.25) is 5.82 Å². The lowest BCUT2D eigenvalue weighted by Crippen LogP contribution is -1.89. The van der Waals surface area contributed by atoms with E-state index in [0.717, 1.165) is 0 Å². The number of para-hydroxylation sites is 1. The Morgan fingerprint density at radius 1 is 1.11 bits per heavy atom. The fourth-order valence-electron chi connectivity index (χ4n) is 1.56. The number of nitrogens with two attached hydrogens (primary N) is 1. The summed E-state index contributed by atoms with van der Waals surface area (Å²) in [5.74, 6) is 1.29. The first kappa shape index (κ1) is 11.0. The average Bonchev–Trinajstić information content (AvgIpc) is 2.98. The predicted molar refractivity (Wildman–Crippen MR) is 69.5 cm³/mol. The molecule has 0 aliphatic rings. The van der Waals surface area contributed by atoms with E-state index in [1.54, 1.807) is 18.2 Å². The molecule has 0 unspecified atom stereocenters. The van der Waals surface area contributed by atoms with Gasteiger partial charge in [-0.05, 0) is 40.2 Å². The van der Waals surface area contributed by atoms with Gasteiger partial charge in [0.05, 0.1) is 5.56 Å². The Labute approximate surface area is 111 Å². The Bertz CT molecular complexity index is 690. The number of aromatic nitrogens is 2. The van der Waals surface area contributed by atoms with Gasteiger partial charge in [0.15, 0.2) is 10.4 Å². The summed E-state index contributed by atoms with van der Waals surface area (Å²) in [6.45, 7) is 0. The Hall–Kier alpha value is -2.08. The van der Waals surface area contributed by atoms with Crippen LogP contribution in [0.15, 0.2) is 50.0 Å². The van der Waals surface area contributed by atoms with Crippen LogP contribution >= 0.6 is 15.9 Å². The summed E-state index contributed by atoms with van der Waals surface area (Å²) in [6.07, 6.45) is 0. The zero-order valence-electron chi connectivity index (χ0n) is 9.13. The van der Waals surface area contributed by atoms with Gasteiger partial charge in [-0.3, -0.25) is 0 Å². The fourth-order valence-corrected chi connectivity index (χ4v) is 1.87. The van der Waals surface area contributed by atoms with E-state index in [0.29, 0.717) is 33.4 Å². The zero-order valence-corrected chi connectivity index (χ0v) is 10.7. The second-order valence-electron chi connectivity index (χ2n) is 3.61. The third-order valence-electron chi connectivity index (χ3n) is 2.41. The molecule has 2 aromatic heterocycles. The van der Waals surface area contributed by atoms with E-state index in [4.69, 9.17) is 14.7 Å². The number of nitrogen functional groups attached to an aromatic ring is 1. The SMILES string of the molecule is Nc1ccccc1-c1nc(-c2ccc(Br)o2)no1. The van der Waals surface area contributed by atoms with E-state index >= 15 is 0 Å². The largest absolute Gasteiger partial charge is 0.446 e. The first-order chi connectivity index (χ1) is 8.74. The van der Waals surface area contributed by atoms with E-state index in [1.165, 1.54) is 0 Å². The highest BCUT2D eigenvalue weighted by atomic mass is 79.9. The quantitative estimate of drug-likeness (QED) is 0.735. The number of benzene rings is 1. The van der Waals surface area contributed by atoms with Gasteiger partial charge in [0, 0.05) is 5.69 Å². The van der Waals surface area contributed by atoms with Gasteiger partial charge < -0.3 is 14.7 Å². The monoisotopic (exact) mass is 305 g/mol. The highest BCUT2D eigenvalue weighted by Crippen LogP contribution is 2.27. The molecule has 90 valence electrons. The normalized spacial score (nSPS) is 10.7. The maximum Gasteiger partial charge on any atom is 0.260 e. The van der Waals surface area contributed by atoms with Crippen LogP contribution in [0.3, 0.4) is 0 Å². The summed E-state index contributed by atoms with van der Waals surface area (Å²) in [4.78, 5) is 4.25. The van der Waals surface area contributed by atoms with Crippen molar-refractivity contribution in [1.29, 1.82) is 0 Å². The Morgan fingerprint density at radius 2 is 1.94 bits per heavy atom. The molecule has 2 N–H and O–H groups in total. The number of hydrogen-bond donors (Lipinski definition) is 1. The van der Waals surface area contributed by atoms with Gasteiger partial charge in [-0.2, -0.15) is 4.98 Å². The molecule has 1 aromatic carbocycles. The van der Waals surface area contributed by atoms with Crippen molar-refractivity contribution in [2.75, 3.05) is 5.73 Å². The molecular formula is C12H8BrN3O2. The number of nitrogens with zero attached hydrogens (tertiary/aromatic N) is 2. The molecule has 3 aromatic rings. The summed E-state index contributed by atoms with van der Waals surface area (Å²) in [6, 6.07) is 10.8. The summed E-state index contributed by atoms with van der Waals surface area (Å²) in [7, 11) is 0. The van der Waals surface area contributed by atoms with Crippen LogP contribution in [-0.4, -0.2) is 10.1 Å². The third-order valence-corrected chi connectivity index (χ3v) is 2.84. The van der Waals surface area contributed by atoms with Crippen LogP contribution in [0.1, 0.15) is 0 Å². The van der Waals surface area contributed by atoms with E-state index in [2.05, 4.69) is 26.1 Å². The van der Waals surface area contributed by atoms with Crippen LogP contribution < -0.4 is 5.73 Å². The molecule has 0 radical (unpaired) electrons. The molecule has 18 heavy (non-hydrogen) atoms. The zero-order chi connectivity index (χ0) is 12.5. The lowest BCUT2D eigenvalue weighted by Gasteiger charge is -1.97. The number of anilines is 1. The average molecular weight is 306 g/mol. The second kappa shape index (κ2) is 4.30. The molecule has 0 amide bonds. The van der Waals surface area contributed by atoms with Crippen LogP contribution in [0.4, 0.5) is 5.69 Å². The minimum atomic E-state index is 0.371. The molecule has 5 nitrogen and oxygen atoms in total. The van der Waals surface area contributed by atoms with Crippen LogP contribution in [0, 0.1) is 0 Å². The van der Waals surface area contributed by atoms with Gasteiger partial charge in [-0.15, -0.1) is 0 Å². The van der Waals surface area contributed by atoms with Crippen LogP contribution in [0.2, 0.25) is 0 Å². The fraction of sp³-hybridized carbons (Fsp3) is 0. The highest BCUT2D eigenvalue weighted by Gasteiger charge is 2.14. The van der Waals surface area contributed by atoms with Crippen molar-refractivity contribution < 1.29 is 8.94 Å². The van der Waals surface area contributed by atoms with Gasteiger partial charge in [0.25, 0.3) is 5.89 Å². The molecule has 0 spiro atoms. The molecule has 6 heteroatoms. The minimum absolute atomic E-state index is 0.371. The van der Waals surface area contributed by atoms with E-state index in [1.807, 2.05) is 18.2 Å². The molecular weight excluding hydrogens is 298 g/mol. The molecule has 0 atom stereocenters. The molecule has 0 saturated carbocycles. The van der Waals surface area contributed by atoms with Crippen molar-refractivity contribution in [3.8, 4) is 23.0 Å². The molecule has 3 rings (SSSR count). The maximum atomic E-state index is 5.85. The van der Waals surface area contributed by atoms with Crippen molar-refractivity contribution in [3.63, 3.8) is 0 Å². The van der Waals surface area contributed by atoms with Crippen molar-refractivity contribution in [2.45, 2.75) is 0 Å². The van der Waals surface area contributed by atoms with Gasteiger partial charge in [-0.1, -0.05) is 17.3 Å². The van der Waals surface area contributed by atoms with Gasteiger partial charge in [-0.25, -0.2) is 0 Å². The van der Waals surface area contributed by atoms with E-state index < -0.39 is 0 Å². The van der Waals surface area contributed by atoms with Crippen molar-refractivity contribution in [3.05, 3.63) is 41.1 Å². The van der Waals surface area contributed by atoms with Crippen molar-refractivity contribution in [2.24, 2.45) is 0 Å². The second-order valence-corrected chi connectivity index (χ2v) is 4.40. The summed E-state index contributed by atoms with van der Waals surface area (Å²) >= 11 is 3.22. The first-order valence-electron chi connectivity index (χ1n) is 5.18. The lowest BCUT2D eigenvalue weighted by atomic mass is 10.2. The number of hydrogen-bond acceptors (Lipinski definition) is 5. The molecule has 0 fully saturated rings. The van der Waals surface area contributed by atoms with Gasteiger partial charge >= 0.3 is 0 Å². The van der Waals surface area contributed by atoms with Crippen molar-refractivity contribution in [1.82, 2.24) is 10.1 Å². The number of rotatable bonds is 2. The third kappa shape index (κ3) is 1.91. The topological polar surface area (TPSA) is 78.1 Å². The van der Waals surface area contributed by atoms with Crippen molar-refractivity contribution >= 4 is 21.6 Å². The highest BCUT2D eigenvalue weighted by molar-refractivity contribution is 9.10. The van der Waals surface area contributed by atoms with Gasteiger partial charge in [0.1, 0.15) is 0 Å². The summed E-state index contributed by atoms with van der Waals surface area (Å²) in [5.41, 5.74) is 7.15. The number of furan rings is 1.